The fourth-order valence-electron chi connectivity index (χ4n) is 3.11. The zero-order valence-corrected chi connectivity index (χ0v) is 13.4. The van der Waals surface area contributed by atoms with Gasteiger partial charge in [-0.1, -0.05) is 60.2 Å². The van der Waals surface area contributed by atoms with E-state index in [1.807, 2.05) is 0 Å². The summed E-state index contributed by atoms with van der Waals surface area (Å²) in [5.41, 5.74) is 4.22. The fraction of sp³-hybridized carbons (Fsp3) is 0.263. The highest BCUT2D eigenvalue weighted by molar-refractivity contribution is 7.84. The van der Waals surface area contributed by atoms with Crippen molar-refractivity contribution in [3.05, 3.63) is 77.4 Å². The topological polar surface area (TPSA) is 0 Å². The molecule has 2 aromatic rings. The summed E-state index contributed by atoms with van der Waals surface area (Å²) in [4.78, 5) is 0. The van der Waals surface area contributed by atoms with Crippen LogP contribution in [0.4, 0.5) is 0 Å². The third-order valence-electron chi connectivity index (χ3n) is 4.24. The molecule has 1 atom stereocenters. The highest BCUT2D eigenvalue weighted by atomic mass is 31.2. The van der Waals surface area contributed by atoms with Crippen LogP contribution in [-0.4, -0.2) is 19.5 Å². The summed E-state index contributed by atoms with van der Waals surface area (Å²) < 4.78 is 0. The molecule has 0 bridgehead atoms. The third kappa shape index (κ3) is 2.58. The minimum atomic E-state index is -1.00. The second-order valence-corrected chi connectivity index (χ2v) is 10.5. The minimum absolute atomic E-state index is 0.593. The third-order valence-corrected chi connectivity index (χ3v) is 7.26. The molecule has 20 heavy (non-hydrogen) atoms. The summed E-state index contributed by atoms with van der Waals surface area (Å²) >= 11 is 0. The van der Waals surface area contributed by atoms with Crippen LogP contribution in [0.5, 0.6) is 0 Å². The van der Waals surface area contributed by atoms with Gasteiger partial charge in [0.25, 0.3) is 0 Å². The summed E-state index contributed by atoms with van der Waals surface area (Å²) in [5, 5.41) is 1.60. The Kier molecular flexibility index (Phi) is 3.52. The monoisotopic (exact) mass is 281 g/mol. The maximum absolute atomic E-state index is 2.52. The molecule has 2 aromatic carbocycles. The van der Waals surface area contributed by atoms with E-state index in [1.54, 1.807) is 5.31 Å². The van der Waals surface area contributed by atoms with Crippen LogP contribution in [0, 0.1) is 6.92 Å². The number of allylic oxidation sites excluding steroid dienone is 1. The highest BCUT2D eigenvalue weighted by Gasteiger charge is 2.41. The van der Waals surface area contributed by atoms with Gasteiger partial charge in [0.1, 0.15) is 0 Å². The molecule has 1 aliphatic heterocycles. The molecule has 1 heteroatoms. The molecule has 0 aliphatic carbocycles. The van der Waals surface area contributed by atoms with Gasteiger partial charge in [-0.3, -0.25) is 0 Å². The van der Waals surface area contributed by atoms with Crippen LogP contribution in [0.25, 0.3) is 5.31 Å². The molecule has 0 N–H and O–H groups in total. The van der Waals surface area contributed by atoms with Gasteiger partial charge in [-0.25, -0.2) is 0 Å². The standard InChI is InChI=1S/C19H22P/c1-15-9-11-17(12-10-15)19-13-18(14-20(19,2)3)16-7-5-4-6-8-16/h4-13,18H,14H2,1-3H3/q+1. The van der Waals surface area contributed by atoms with Gasteiger partial charge in [-0.05, 0) is 18.6 Å². The van der Waals surface area contributed by atoms with Crippen LogP contribution in [0.2, 0.25) is 0 Å². The van der Waals surface area contributed by atoms with Gasteiger partial charge < -0.3 is 0 Å². The van der Waals surface area contributed by atoms with Crippen molar-refractivity contribution in [1.82, 2.24) is 0 Å². The number of hydrogen-bond donors (Lipinski definition) is 0. The van der Waals surface area contributed by atoms with Crippen LogP contribution >= 0.6 is 7.26 Å². The van der Waals surface area contributed by atoms with Crippen molar-refractivity contribution in [3.63, 3.8) is 0 Å². The van der Waals surface area contributed by atoms with Crippen molar-refractivity contribution in [3.8, 4) is 0 Å². The van der Waals surface area contributed by atoms with E-state index in [4.69, 9.17) is 0 Å². The number of rotatable bonds is 2. The summed E-state index contributed by atoms with van der Waals surface area (Å²) in [6.07, 6.45) is 3.83. The van der Waals surface area contributed by atoms with Crippen LogP contribution in [0.1, 0.15) is 22.6 Å². The molecule has 0 amide bonds. The van der Waals surface area contributed by atoms with E-state index in [1.165, 1.54) is 22.9 Å². The van der Waals surface area contributed by atoms with Crippen LogP contribution in [-0.2, 0) is 0 Å². The predicted molar refractivity (Wildman–Crippen MR) is 92.0 cm³/mol. The minimum Gasteiger partial charge on any atom is -0.0622 e. The number of hydrogen-bond acceptors (Lipinski definition) is 0. The average Bonchev–Trinajstić information content (AvgIpc) is 2.77. The van der Waals surface area contributed by atoms with Crippen LogP contribution < -0.4 is 0 Å². The predicted octanol–water partition coefficient (Wildman–Crippen LogP) is 5.41. The zero-order valence-electron chi connectivity index (χ0n) is 12.5. The molecule has 0 saturated carbocycles. The lowest BCUT2D eigenvalue weighted by molar-refractivity contribution is 0.992. The van der Waals surface area contributed by atoms with Gasteiger partial charge in [-0.2, -0.15) is 0 Å². The van der Waals surface area contributed by atoms with E-state index in [-0.39, 0.29) is 0 Å². The van der Waals surface area contributed by atoms with Crippen molar-refractivity contribution < 1.29 is 0 Å². The molecule has 0 nitrogen and oxygen atoms in total. The van der Waals surface area contributed by atoms with E-state index in [0.717, 1.165) is 0 Å². The molecule has 102 valence electrons. The molecule has 0 spiro atoms. The quantitative estimate of drug-likeness (QED) is 0.646. The van der Waals surface area contributed by atoms with Gasteiger partial charge in [0.15, 0.2) is 0 Å². The second kappa shape index (κ2) is 5.19. The van der Waals surface area contributed by atoms with E-state index in [2.05, 4.69) is 80.9 Å². The lowest BCUT2D eigenvalue weighted by Crippen LogP contribution is -1.98. The van der Waals surface area contributed by atoms with E-state index >= 15 is 0 Å². The molecule has 1 heterocycles. The van der Waals surface area contributed by atoms with Crippen LogP contribution in [0.15, 0.2) is 60.7 Å². The molecule has 0 fully saturated rings. The van der Waals surface area contributed by atoms with Crippen molar-refractivity contribution in [2.24, 2.45) is 0 Å². The number of aryl methyl sites for hydroxylation is 1. The Bertz CT molecular complexity index is 621. The molecular formula is C19H22P+. The van der Waals surface area contributed by atoms with Crippen LogP contribution in [0.3, 0.4) is 0 Å². The zero-order chi connectivity index (χ0) is 14.2. The highest BCUT2D eigenvalue weighted by Crippen LogP contribution is 2.69. The van der Waals surface area contributed by atoms with Crippen molar-refractivity contribution in [1.29, 1.82) is 0 Å². The maximum atomic E-state index is 2.52. The fourth-order valence-corrected chi connectivity index (χ4v) is 6.03. The van der Waals surface area contributed by atoms with Gasteiger partial charge in [0, 0.05) is 18.7 Å². The summed E-state index contributed by atoms with van der Waals surface area (Å²) in [6.45, 7) is 7.10. The van der Waals surface area contributed by atoms with Crippen molar-refractivity contribution >= 4 is 12.6 Å². The lowest BCUT2D eigenvalue weighted by Gasteiger charge is -2.16. The molecule has 0 radical (unpaired) electrons. The first-order chi connectivity index (χ1) is 9.56. The Morgan fingerprint density at radius 1 is 0.900 bits per heavy atom. The molecular weight excluding hydrogens is 259 g/mol. The Labute approximate surface area is 122 Å². The summed E-state index contributed by atoms with van der Waals surface area (Å²) in [7, 11) is -1.00. The maximum Gasteiger partial charge on any atom is 0.0973 e. The molecule has 3 rings (SSSR count). The molecule has 1 aliphatic rings. The van der Waals surface area contributed by atoms with E-state index in [9.17, 15) is 0 Å². The Morgan fingerprint density at radius 3 is 2.20 bits per heavy atom. The smallest absolute Gasteiger partial charge is 0.0622 e. The Balaban J connectivity index is 1.98. The normalized spacial score (nSPS) is 20.8. The second-order valence-electron chi connectivity index (χ2n) is 6.30. The van der Waals surface area contributed by atoms with Crippen molar-refractivity contribution in [2.75, 3.05) is 19.5 Å². The van der Waals surface area contributed by atoms with Gasteiger partial charge >= 0.3 is 0 Å². The Morgan fingerprint density at radius 2 is 1.55 bits per heavy atom. The summed E-state index contributed by atoms with van der Waals surface area (Å²) in [6, 6.07) is 20.0. The lowest BCUT2D eigenvalue weighted by atomic mass is 10.00. The van der Waals surface area contributed by atoms with E-state index in [0.29, 0.717) is 5.92 Å². The first kappa shape index (κ1) is 13.6. The largest absolute Gasteiger partial charge is 0.0973 e. The average molecular weight is 281 g/mol. The molecule has 0 saturated heterocycles. The first-order valence-corrected chi connectivity index (χ1v) is 10.1. The van der Waals surface area contributed by atoms with Gasteiger partial charge in [-0.15, -0.1) is 0 Å². The first-order valence-electron chi connectivity index (χ1n) is 7.24. The van der Waals surface area contributed by atoms with E-state index < -0.39 is 7.26 Å². The summed E-state index contributed by atoms with van der Waals surface area (Å²) in [5.74, 6) is 0.593. The Hall–Kier alpha value is -1.39. The molecule has 1 unspecified atom stereocenters. The number of benzene rings is 2. The molecule has 0 aromatic heterocycles. The van der Waals surface area contributed by atoms with Crippen molar-refractivity contribution in [2.45, 2.75) is 12.8 Å². The van der Waals surface area contributed by atoms with Gasteiger partial charge in [0.2, 0.25) is 0 Å². The van der Waals surface area contributed by atoms with Gasteiger partial charge in [0.05, 0.1) is 24.8 Å². The SMILES string of the molecule is Cc1ccc(C2=CC(c3ccccc3)C[P+]2(C)C)cc1.